The molecule has 5 nitrogen and oxygen atoms in total. The van der Waals surface area contributed by atoms with E-state index in [9.17, 15) is 4.79 Å². The lowest BCUT2D eigenvalue weighted by Crippen LogP contribution is -2.04. The normalized spacial score (nSPS) is 14.4. The van der Waals surface area contributed by atoms with Crippen LogP contribution in [0.3, 0.4) is 0 Å². The van der Waals surface area contributed by atoms with Crippen LogP contribution in [-0.4, -0.2) is 16.2 Å². The number of nitrogens with zero attached hydrogens (tertiary/aromatic N) is 1. The molecule has 1 heterocycles. The zero-order chi connectivity index (χ0) is 12.5. The molecule has 0 aliphatic heterocycles. The van der Waals surface area contributed by atoms with Crippen molar-refractivity contribution >= 4 is 6.16 Å². The molecule has 1 aliphatic rings. The first-order valence-electron chi connectivity index (χ1n) is 5.71. The molecule has 0 amide bonds. The summed E-state index contributed by atoms with van der Waals surface area (Å²) in [5.41, 5.74) is 0.758. The van der Waals surface area contributed by atoms with E-state index in [2.05, 4.69) is 9.72 Å². The molecular formula is C13H11NO4. The summed E-state index contributed by atoms with van der Waals surface area (Å²) in [7, 11) is 0. The maximum Gasteiger partial charge on any atom is 0.512 e. The summed E-state index contributed by atoms with van der Waals surface area (Å²) in [6, 6.07) is 9.22. The standard InChI is InChI=1S/C13H11NO4/c15-13(16)18-12-10(8-4-2-1-3-5-8)17-11(14-12)9-6-7-9/h1-5,9H,6-7H2,(H,15,16). The van der Waals surface area contributed by atoms with E-state index < -0.39 is 6.16 Å². The number of ether oxygens (including phenoxy) is 1. The molecule has 1 aromatic heterocycles. The number of hydrogen-bond donors (Lipinski definition) is 1. The van der Waals surface area contributed by atoms with Crippen molar-refractivity contribution in [1.82, 2.24) is 4.98 Å². The Bertz CT molecular complexity index is 572. The summed E-state index contributed by atoms with van der Waals surface area (Å²) < 4.78 is 10.3. The average Bonchev–Trinajstić information content (AvgIpc) is 3.12. The minimum atomic E-state index is -1.39. The van der Waals surface area contributed by atoms with Gasteiger partial charge in [-0.25, -0.2) is 4.79 Å². The molecule has 0 spiro atoms. The van der Waals surface area contributed by atoms with Crippen molar-refractivity contribution in [2.45, 2.75) is 18.8 Å². The van der Waals surface area contributed by atoms with Gasteiger partial charge in [-0.05, 0) is 12.8 Å². The first-order chi connectivity index (χ1) is 8.74. The highest BCUT2D eigenvalue weighted by Gasteiger charge is 2.31. The van der Waals surface area contributed by atoms with Crippen molar-refractivity contribution in [3.05, 3.63) is 36.2 Å². The molecule has 1 fully saturated rings. The van der Waals surface area contributed by atoms with E-state index in [1.807, 2.05) is 30.3 Å². The SMILES string of the molecule is O=C(O)Oc1nc(C2CC2)oc1-c1ccccc1. The first kappa shape index (κ1) is 10.8. The van der Waals surface area contributed by atoms with Crippen LogP contribution in [0, 0.1) is 0 Å². The van der Waals surface area contributed by atoms with Crippen molar-refractivity contribution in [1.29, 1.82) is 0 Å². The van der Waals surface area contributed by atoms with E-state index in [0.29, 0.717) is 17.6 Å². The second-order valence-corrected chi connectivity index (χ2v) is 4.19. The predicted octanol–water partition coefficient (Wildman–Crippen LogP) is 3.28. The zero-order valence-corrected chi connectivity index (χ0v) is 9.50. The van der Waals surface area contributed by atoms with Gasteiger partial charge >= 0.3 is 6.16 Å². The Kier molecular flexibility index (Phi) is 2.51. The fourth-order valence-corrected chi connectivity index (χ4v) is 1.75. The van der Waals surface area contributed by atoms with Crippen LogP contribution < -0.4 is 4.74 Å². The molecule has 1 saturated carbocycles. The minimum Gasteiger partial charge on any atom is -0.449 e. The molecule has 1 aliphatic carbocycles. The molecule has 0 bridgehead atoms. The molecule has 0 radical (unpaired) electrons. The van der Waals surface area contributed by atoms with Crippen molar-refractivity contribution < 1.29 is 19.1 Å². The van der Waals surface area contributed by atoms with Gasteiger partial charge in [-0.1, -0.05) is 30.3 Å². The summed E-state index contributed by atoms with van der Waals surface area (Å²) in [5, 5.41) is 8.70. The average molecular weight is 245 g/mol. The first-order valence-corrected chi connectivity index (χ1v) is 5.71. The second-order valence-electron chi connectivity index (χ2n) is 4.19. The fraction of sp³-hybridized carbons (Fsp3) is 0.231. The minimum absolute atomic E-state index is 0.0237. The Morgan fingerprint density at radius 3 is 2.67 bits per heavy atom. The van der Waals surface area contributed by atoms with Crippen LogP contribution in [-0.2, 0) is 0 Å². The van der Waals surface area contributed by atoms with E-state index in [1.54, 1.807) is 0 Å². The fourth-order valence-electron chi connectivity index (χ4n) is 1.75. The summed E-state index contributed by atoms with van der Waals surface area (Å²) in [6.07, 6.45) is 0.672. The number of carbonyl (C=O) groups is 1. The van der Waals surface area contributed by atoms with Crippen LogP contribution in [0.15, 0.2) is 34.7 Å². The number of rotatable bonds is 3. The number of carboxylic acid groups (broad SMARTS) is 1. The molecule has 2 aromatic rings. The van der Waals surface area contributed by atoms with Crippen molar-refractivity contribution in [3.63, 3.8) is 0 Å². The lowest BCUT2D eigenvalue weighted by Gasteiger charge is -1.98. The monoisotopic (exact) mass is 245 g/mol. The van der Waals surface area contributed by atoms with Crippen LogP contribution in [0.25, 0.3) is 11.3 Å². The van der Waals surface area contributed by atoms with Gasteiger partial charge in [0.15, 0.2) is 5.76 Å². The quantitative estimate of drug-likeness (QED) is 0.840. The third-order valence-corrected chi connectivity index (χ3v) is 2.76. The van der Waals surface area contributed by atoms with E-state index in [4.69, 9.17) is 9.52 Å². The van der Waals surface area contributed by atoms with Crippen molar-refractivity contribution in [2.75, 3.05) is 0 Å². The van der Waals surface area contributed by atoms with Gasteiger partial charge in [0.25, 0.3) is 5.88 Å². The van der Waals surface area contributed by atoms with Crippen LogP contribution in [0.5, 0.6) is 5.88 Å². The third-order valence-electron chi connectivity index (χ3n) is 2.76. The maximum atomic E-state index is 10.6. The molecule has 1 N–H and O–H groups in total. The number of benzene rings is 1. The van der Waals surface area contributed by atoms with Gasteiger partial charge in [0.1, 0.15) is 0 Å². The van der Waals surface area contributed by atoms with Gasteiger partial charge in [-0.15, -0.1) is 0 Å². The van der Waals surface area contributed by atoms with Gasteiger partial charge in [-0.2, -0.15) is 4.98 Å². The summed E-state index contributed by atoms with van der Waals surface area (Å²) in [4.78, 5) is 14.8. The van der Waals surface area contributed by atoms with Gasteiger partial charge in [0.2, 0.25) is 5.89 Å². The Morgan fingerprint density at radius 1 is 1.33 bits per heavy atom. The number of aromatic nitrogens is 1. The van der Waals surface area contributed by atoms with E-state index >= 15 is 0 Å². The van der Waals surface area contributed by atoms with Gasteiger partial charge in [-0.3, -0.25) is 0 Å². The maximum absolute atomic E-state index is 10.6. The number of oxazole rings is 1. The molecule has 1 aromatic carbocycles. The molecule has 92 valence electrons. The summed E-state index contributed by atoms with van der Waals surface area (Å²) in [5.74, 6) is 1.26. The molecule has 18 heavy (non-hydrogen) atoms. The molecule has 3 rings (SSSR count). The van der Waals surface area contributed by atoms with E-state index in [1.165, 1.54) is 0 Å². The van der Waals surface area contributed by atoms with E-state index in [-0.39, 0.29) is 5.88 Å². The van der Waals surface area contributed by atoms with Gasteiger partial charge in [0, 0.05) is 11.5 Å². The van der Waals surface area contributed by atoms with Crippen molar-refractivity contribution in [3.8, 4) is 17.2 Å². The highest BCUT2D eigenvalue weighted by molar-refractivity contribution is 5.68. The Balaban J connectivity index is 2.02. The Labute approximate surface area is 103 Å². The van der Waals surface area contributed by atoms with Gasteiger partial charge in [0.05, 0.1) is 0 Å². The smallest absolute Gasteiger partial charge is 0.449 e. The second kappa shape index (κ2) is 4.18. The highest BCUT2D eigenvalue weighted by Crippen LogP contribution is 2.43. The third kappa shape index (κ3) is 2.07. The molecule has 0 saturated heterocycles. The molecule has 0 atom stereocenters. The lowest BCUT2D eigenvalue weighted by molar-refractivity contribution is 0.142. The zero-order valence-electron chi connectivity index (χ0n) is 9.50. The molecule has 0 unspecified atom stereocenters. The summed E-state index contributed by atoms with van der Waals surface area (Å²) in [6.45, 7) is 0. The highest BCUT2D eigenvalue weighted by atomic mass is 16.7. The molecule has 5 heteroatoms. The van der Waals surface area contributed by atoms with E-state index in [0.717, 1.165) is 18.4 Å². The predicted molar refractivity (Wildman–Crippen MR) is 62.6 cm³/mol. The van der Waals surface area contributed by atoms with Crippen LogP contribution >= 0.6 is 0 Å². The van der Waals surface area contributed by atoms with Crippen molar-refractivity contribution in [2.24, 2.45) is 0 Å². The molecular weight excluding hydrogens is 234 g/mol. The van der Waals surface area contributed by atoms with Crippen LogP contribution in [0.2, 0.25) is 0 Å². The topological polar surface area (TPSA) is 72.6 Å². The van der Waals surface area contributed by atoms with Crippen LogP contribution in [0.4, 0.5) is 4.79 Å². The lowest BCUT2D eigenvalue weighted by atomic mass is 10.2. The van der Waals surface area contributed by atoms with Crippen LogP contribution in [0.1, 0.15) is 24.7 Å². The Morgan fingerprint density at radius 2 is 2.06 bits per heavy atom. The number of hydrogen-bond acceptors (Lipinski definition) is 4. The largest absolute Gasteiger partial charge is 0.512 e. The summed E-state index contributed by atoms with van der Waals surface area (Å²) >= 11 is 0. The Hall–Kier alpha value is -2.30. The van der Waals surface area contributed by atoms with Gasteiger partial charge < -0.3 is 14.3 Å².